The van der Waals surface area contributed by atoms with Crippen LogP contribution in [0.1, 0.15) is 59.6 Å². The molecule has 2 fully saturated rings. The lowest BCUT2D eigenvalue weighted by atomic mass is 10.0. The molecule has 0 spiro atoms. The highest BCUT2D eigenvalue weighted by atomic mass is 32.1. The zero-order valence-corrected chi connectivity index (χ0v) is 22.4. The van der Waals surface area contributed by atoms with E-state index in [1.54, 1.807) is 6.07 Å². The molecule has 1 amide bonds. The Hall–Kier alpha value is -2.88. The van der Waals surface area contributed by atoms with Crippen molar-refractivity contribution in [2.24, 2.45) is 0 Å². The van der Waals surface area contributed by atoms with Crippen LogP contribution in [0.15, 0.2) is 36.5 Å². The molecule has 2 saturated heterocycles. The Labute approximate surface area is 225 Å². The van der Waals surface area contributed by atoms with Gasteiger partial charge in [-0.1, -0.05) is 17.4 Å². The summed E-state index contributed by atoms with van der Waals surface area (Å²) in [6.45, 7) is 5.99. The first-order valence-corrected chi connectivity index (χ1v) is 14.4. The summed E-state index contributed by atoms with van der Waals surface area (Å²) in [5.41, 5.74) is 4.62. The third-order valence-corrected chi connectivity index (χ3v) is 9.13. The molecule has 0 aliphatic carbocycles. The second-order valence-corrected chi connectivity index (χ2v) is 11.5. The molecule has 0 unspecified atom stereocenters. The second kappa shape index (κ2) is 10.7. The molecule has 9 heteroatoms. The number of amides is 1. The first-order valence-electron chi connectivity index (χ1n) is 13.6. The van der Waals surface area contributed by atoms with Crippen molar-refractivity contribution in [1.29, 1.82) is 0 Å². The molecular weight excluding hydrogens is 504 g/mol. The van der Waals surface area contributed by atoms with Gasteiger partial charge in [-0.2, -0.15) is 0 Å². The summed E-state index contributed by atoms with van der Waals surface area (Å²) in [5, 5.41) is 6.46. The van der Waals surface area contributed by atoms with Gasteiger partial charge in [0.05, 0.1) is 15.9 Å². The number of hydrogen-bond donors (Lipinski definition) is 2. The minimum atomic E-state index is -0.665. The number of benzene rings is 2. The Balaban J connectivity index is 1.15. The molecule has 2 aromatic heterocycles. The lowest BCUT2D eigenvalue weighted by Gasteiger charge is -2.28. The first-order chi connectivity index (χ1) is 18.5. The Morgan fingerprint density at radius 2 is 2.05 bits per heavy atom. The van der Waals surface area contributed by atoms with Crippen molar-refractivity contribution in [3.05, 3.63) is 59.0 Å². The maximum atomic E-state index is 15.1. The number of thiazole rings is 1. The van der Waals surface area contributed by atoms with Crippen molar-refractivity contribution in [2.75, 3.05) is 32.7 Å². The smallest absolute Gasteiger partial charge is 0.251 e. The lowest BCUT2D eigenvalue weighted by Crippen LogP contribution is -2.36. The molecule has 2 aliphatic heterocycles. The summed E-state index contributed by atoms with van der Waals surface area (Å²) < 4.78 is 31.3. The largest absolute Gasteiger partial charge is 0.352 e. The first kappa shape index (κ1) is 25.4. The quantitative estimate of drug-likeness (QED) is 0.300. The Bertz CT molecular complexity index is 1470. The van der Waals surface area contributed by atoms with Gasteiger partial charge in [0, 0.05) is 43.0 Å². The number of nitrogens with one attached hydrogen (secondary N) is 2. The van der Waals surface area contributed by atoms with E-state index < -0.39 is 6.17 Å². The van der Waals surface area contributed by atoms with E-state index in [-0.39, 0.29) is 17.8 Å². The topological polar surface area (TPSA) is 61.7 Å². The van der Waals surface area contributed by atoms with Gasteiger partial charge < -0.3 is 15.5 Å². The van der Waals surface area contributed by atoms with Crippen LogP contribution in [0, 0.1) is 12.7 Å². The van der Waals surface area contributed by atoms with Crippen LogP contribution in [0.25, 0.3) is 26.4 Å². The Kier molecular flexibility index (Phi) is 7.16. The molecular formula is C29H33F2N5OS. The number of imidazole rings is 1. The van der Waals surface area contributed by atoms with Crippen LogP contribution < -0.4 is 10.6 Å². The van der Waals surface area contributed by atoms with Gasteiger partial charge in [-0.05, 0) is 87.5 Å². The van der Waals surface area contributed by atoms with Crippen molar-refractivity contribution >= 4 is 32.4 Å². The molecule has 1 atom stereocenters. The molecule has 4 heterocycles. The van der Waals surface area contributed by atoms with Crippen molar-refractivity contribution < 1.29 is 13.6 Å². The minimum Gasteiger partial charge on any atom is -0.352 e. The standard InChI is InChI=1S/C29H33F2N5OS/c1-18-21(28(37)33-12-3-13-35-14-9-20(30)10-15-35)7-8-26-27(18)38-29-34-25(17-36(26)29)22-6-5-19(16-23(22)31)24-4-2-11-32-24/h5-8,16-17,20,24,32H,2-4,9-15H2,1H3,(H,33,37)/t24-/m0/s1. The van der Waals surface area contributed by atoms with Crippen LogP contribution >= 0.6 is 11.3 Å². The summed E-state index contributed by atoms with van der Waals surface area (Å²) >= 11 is 1.51. The molecule has 4 aromatic rings. The van der Waals surface area contributed by atoms with Crippen molar-refractivity contribution in [3.63, 3.8) is 0 Å². The highest BCUT2D eigenvalue weighted by Crippen LogP contribution is 2.34. The molecule has 2 aromatic carbocycles. The molecule has 0 saturated carbocycles. The molecule has 0 bridgehead atoms. The lowest BCUT2D eigenvalue weighted by molar-refractivity contribution is 0.0949. The fraction of sp³-hybridized carbons (Fsp3) is 0.448. The van der Waals surface area contributed by atoms with E-state index in [1.807, 2.05) is 41.8 Å². The number of nitrogens with zero attached hydrogens (tertiary/aromatic N) is 3. The average Bonchev–Trinajstić information content (AvgIpc) is 3.65. The summed E-state index contributed by atoms with van der Waals surface area (Å²) in [7, 11) is 0. The van der Waals surface area contributed by atoms with Gasteiger partial charge in [0.15, 0.2) is 4.96 Å². The van der Waals surface area contributed by atoms with E-state index in [1.165, 1.54) is 11.3 Å². The zero-order valence-electron chi connectivity index (χ0n) is 21.6. The number of piperidine rings is 1. The van der Waals surface area contributed by atoms with Crippen LogP contribution in [-0.4, -0.2) is 59.1 Å². The molecule has 200 valence electrons. The van der Waals surface area contributed by atoms with E-state index in [0.29, 0.717) is 36.2 Å². The number of halogens is 2. The van der Waals surface area contributed by atoms with Gasteiger partial charge in [-0.15, -0.1) is 0 Å². The summed E-state index contributed by atoms with van der Waals surface area (Å²) in [4.78, 5) is 20.7. The fourth-order valence-electron chi connectivity index (χ4n) is 5.72. The van der Waals surface area contributed by atoms with Gasteiger partial charge in [0.2, 0.25) is 0 Å². The molecule has 6 rings (SSSR count). The molecule has 38 heavy (non-hydrogen) atoms. The highest BCUT2D eigenvalue weighted by Gasteiger charge is 2.21. The predicted octanol–water partition coefficient (Wildman–Crippen LogP) is 5.64. The van der Waals surface area contributed by atoms with Gasteiger partial charge in [0.1, 0.15) is 12.0 Å². The van der Waals surface area contributed by atoms with Crippen LogP contribution in [0.2, 0.25) is 0 Å². The second-order valence-electron chi connectivity index (χ2n) is 10.5. The fourth-order valence-corrected chi connectivity index (χ4v) is 6.83. The SMILES string of the molecule is Cc1c(C(=O)NCCCN2CCC(F)CC2)ccc2c1sc1nc(-c3ccc([C@@H]4CCCN4)cc3F)cn12. The Morgan fingerprint density at radius 1 is 1.21 bits per heavy atom. The number of likely N-dealkylation sites (tertiary alicyclic amines) is 1. The monoisotopic (exact) mass is 537 g/mol. The van der Waals surface area contributed by atoms with Gasteiger partial charge in [0.25, 0.3) is 5.91 Å². The van der Waals surface area contributed by atoms with Crippen LogP contribution in [0.4, 0.5) is 8.78 Å². The molecule has 0 radical (unpaired) electrons. The summed E-state index contributed by atoms with van der Waals surface area (Å²) in [6, 6.07) is 9.48. The van der Waals surface area contributed by atoms with E-state index in [2.05, 4.69) is 15.5 Å². The average molecular weight is 538 g/mol. The van der Waals surface area contributed by atoms with Crippen LogP contribution in [0.5, 0.6) is 0 Å². The van der Waals surface area contributed by atoms with Crippen molar-refractivity contribution in [2.45, 2.75) is 51.2 Å². The molecule has 6 nitrogen and oxygen atoms in total. The van der Waals surface area contributed by atoms with Crippen LogP contribution in [-0.2, 0) is 0 Å². The summed E-state index contributed by atoms with van der Waals surface area (Å²) in [6.07, 6.45) is 5.42. The molecule has 2 aliphatic rings. The van der Waals surface area contributed by atoms with Crippen molar-refractivity contribution in [1.82, 2.24) is 24.9 Å². The predicted molar refractivity (Wildman–Crippen MR) is 148 cm³/mol. The maximum absolute atomic E-state index is 15.1. The number of hydrogen-bond acceptors (Lipinski definition) is 5. The minimum absolute atomic E-state index is 0.0856. The van der Waals surface area contributed by atoms with E-state index in [0.717, 1.165) is 71.7 Å². The van der Waals surface area contributed by atoms with E-state index in [4.69, 9.17) is 4.98 Å². The number of aromatic nitrogens is 2. The van der Waals surface area contributed by atoms with Gasteiger partial charge in [-0.25, -0.2) is 13.8 Å². The summed E-state index contributed by atoms with van der Waals surface area (Å²) in [5.74, 6) is -0.342. The number of rotatable bonds is 7. The molecule has 2 N–H and O–H groups in total. The van der Waals surface area contributed by atoms with Gasteiger partial charge >= 0.3 is 0 Å². The van der Waals surface area contributed by atoms with E-state index >= 15 is 4.39 Å². The highest BCUT2D eigenvalue weighted by molar-refractivity contribution is 7.23. The number of carbonyl (C=O) groups is 1. The number of fused-ring (bicyclic) bond motifs is 3. The number of alkyl halides is 1. The number of aryl methyl sites for hydroxylation is 1. The normalized spacial score (nSPS) is 19.1. The zero-order chi connectivity index (χ0) is 26.2. The Morgan fingerprint density at radius 3 is 2.82 bits per heavy atom. The number of carbonyl (C=O) groups excluding carboxylic acids is 1. The third-order valence-electron chi connectivity index (χ3n) is 7.94. The van der Waals surface area contributed by atoms with Crippen molar-refractivity contribution in [3.8, 4) is 11.3 Å². The maximum Gasteiger partial charge on any atom is 0.251 e. The van der Waals surface area contributed by atoms with Gasteiger partial charge in [-0.3, -0.25) is 9.20 Å². The van der Waals surface area contributed by atoms with E-state index in [9.17, 15) is 9.18 Å². The third kappa shape index (κ3) is 4.95. The van der Waals surface area contributed by atoms with Crippen LogP contribution in [0.3, 0.4) is 0 Å².